The van der Waals surface area contributed by atoms with Gasteiger partial charge in [-0.15, -0.1) is 11.3 Å². The molecular formula is C18H24N2S. The van der Waals surface area contributed by atoms with Crippen LogP contribution in [0, 0.1) is 0 Å². The second-order valence-electron chi connectivity index (χ2n) is 6.90. The van der Waals surface area contributed by atoms with Gasteiger partial charge in [0.1, 0.15) is 0 Å². The number of aryl methyl sites for hydroxylation is 3. The van der Waals surface area contributed by atoms with Gasteiger partial charge in [-0.25, -0.2) is 4.98 Å². The number of nitrogens with one attached hydrogen (secondary N) is 1. The highest BCUT2D eigenvalue weighted by Gasteiger charge is 2.17. The summed E-state index contributed by atoms with van der Waals surface area (Å²) in [4.78, 5) is 4.79. The molecule has 0 aliphatic carbocycles. The first kappa shape index (κ1) is 14.6. The summed E-state index contributed by atoms with van der Waals surface area (Å²) in [6.45, 7) is 7.79. The van der Waals surface area contributed by atoms with Crippen molar-refractivity contribution < 1.29 is 0 Å². The number of hydrogen-bond donors (Lipinski definition) is 1. The zero-order valence-electron chi connectivity index (χ0n) is 13.2. The zero-order chi connectivity index (χ0) is 14.9. The summed E-state index contributed by atoms with van der Waals surface area (Å²) in [6.07, 6.45) is 4.59. The number of nitrogens with zero attached hydrogens (tertiary/aromatic N) is 1. The Bertz CT molecular complexity index is 622. The van der Waals surface area contributed by atoms with E-state index in [0.29, 0.717) is 0 Å². The first-order valence-electron chi connectivity index (χ1n) is 7.83. The van der Waals surface area contributed by atoms with Gasteiger partial charge in [0.25, 0.3) is 0 Å². The molecule has 1 N–H and O–H groups in total. The smallest absolute Gasteiger partial charge is 0.0931 e. The Labute approximate surface area is 131 Å². The van der Waals surface area contributed by atoms with E-state index in [2.05, 4.69) is 49.7 Å². The Hall–Kier alpha value is -1.35. The second-order valence-corrected chi connectivity index (χ2v) is 7.84. The summed E-state index contributed by atoms with van der Waals surface area (Å²) in [5.41, 5.74) is 5.62. The topological polar surface area (TPSA) is 24.9 Å². The lowest BCUT2D eigenvalue weighted by Crippen LogP contribution is -2.12. The standard InChI is InChI=1S/C18H24N2S/c1-18(2,3)16-12-21-17(20-16)9-7-13-6-8-15-14(11-13)5-4-10-19-15/h6,8,11-12,19H,4-5,7,9-10H2,1-3H3. The Morgan fingerprint density at radius 3 is 2.86 bits per heavy atom. The molecule has 0 radical (unpaired) electrons. The molecule has 0 spiro atoms. The number of hydrogen-bond acceptors (Lipinski definition) is 3. The van der Waals surface area contributed by atoms with Gasteiger partial charge in [-0.1, -0.05) is 32.9 Å². The molecule has 0 amide bonds. The Balaban J connectivity index is 1.66. The highest BCUT2D eigenvalue weighted by atomic mass is 32.1. The average molecular weight is 300 g/mol. The fourth-order valence-corrected chi connectivity index (χ4v) is 3.73. The molecule has 0 unspecified atom stereocenters. The van der Waals surface area contributed by atoms with E-state index in [4.69, 9.17) is 4.98 Å². The van der Waals surface area contributed by atoms with Gasteiger partial charge in [0, 0.05) is 29.4 Å². The molecule has 2 nitrogen and oxygen atoms in total. The number of anilines is 1. The second kappa shape index (κ2) is 5.80. The van der Waals surface area contributed by atoms with Crippen molar-refractivity contribution in [1.82, 2.24) is 4.98 Å². The highest BCUT2D eigenvalue weighted by Crippen LogP contribution is 2.26. The van der Waals surface area contributed by atoms with Crippen molar-refractivity contribution in [3.63, 3.8) is 0 Å². The van der Waals surface area contributed by atoms with Crippen LogP contribution in [0.4, 0.5) is 5.69 Å². The van der Waals surface area contributed by atoms with Gasteiger partial charge in [0.15, 0.2) is 0 Å². The molecule has 2 heterocycles. The SMILES string of the molecule is CC(C)(C)c1csc(CCc2ccc3c(c2)CCCN3)n1. The molecule has 1 aromatic heterocycles. The fourth-order valence-electron chi connectivity index (χ4n) is 2.71. The van der Waals surface area contributed by atoms with Crippen molar-refractivity contribution in [1.29, 1.82) is 0 Å². The molecule has 1 aliphatic heterocycles. The molecule has 0 saturated heterocycles. The number of fused-ring (bicyclic) bond motifs is 1. The van der Waals surface area contributed by atoms with Crippen LogP contribution in [0.15, 0.2) is 23.6 Å². The van der Waals surface area contributed by atoms with Crippen LogP contribution in [0.2, 0.25) is 0 Å². The van der Waals surface area contributed by atoms with Crippen LogP contribution in [-0.2, 0) is 24.7 Å². The zero-order valence-corrected chi connectivity index (χ0v) is 14.0. The van der Waals surface area contributed by atoms with Crippen LogP contribution >= 0.6 is 11.3 Å². The molecule has 0 bridgehead atoms. The minimum Gasteiger partial charge on any atom is -0.385 e. The van der Waals surface area contributed by atoms with Gasteiger partial charge in [-0.2, -0.15) is 0 Å². The van der Waals surface area contributed by atoms with Crippen molar-refractivity contribution in [2.45, 2.75) is 51.9 Å². The summed E-state index contributed by atoms with van der Waals surface area (Å²) in [6, 6.07) is 6.88. The monoisotopic (exact) mass is 300 g/mol. The van der Waals surface area contributed by atoms with E-state index in [1.54, 1.807) is 11.3 Å². The molecule has 2 aromatic rings. The van der Waals surface area contributed by atoms with E-state index in [0.717, 1.165) is 19.4 Å². The normalized spacial score (nSPS) is 14.6. The van der Waals surface area contributed by atoms with Crippen LogP contribution in [0.5, 0.6) is 0 Å². The molecule has 0 fully saturated rings. The molecule has 0 atom stereocenters. The quantitative estimate of drug-likeness (QED) is 0.897. The first-order valence-corrected chi connectivity index (χ1v) is 8.71. The van der Waals surface area contributed by atoms with Crippen molar-refractivity contribution in [3.05, 3.63) is 45.4 Å². The highest BCUT2D eigenvalue weighted by molar-refractivity contribution is 7.09. The summed E-state index contributed by atoms with van der Waals surface area (Å²) in [5, 5.41) is 6.95. The third-order valence-corrected chi connectivity index (χ3v) is 4.96. The lowest BCUT2D eigenvalue weighted by molar-refractivity contribution is 0.570. The lowest BCUT2D eigenvalue weighted by atomic mass is 9.93. The van der Waals surface area contributed by atoms with Crippen LogP contribution in [0.25, 0.3) is 0 Å². The summed E-state index contributed by atoms with van der Waals surface area (Å²) < 4.78 is 0. The fraction of sp³-hybridized carbons (Fsp3) is 0.500. The molecule has 3 heteroatoms. The first-order chi connectivity index (χ1) is 10.0. The van der Waals surface area contributed by atoms with Gasteiger partial charge in [0.05, 0.1) is 10.7 Å². The van der Waals surface area contributed by atoms with E-state index in [1.165, 1.54) is 40.4 Å². The minimum atomic E-state index is 0.159. The van der Waals surface area contributed by atoms with Gasteiger partial charge in [-0.05, 0) is 36.5 Å². The van der Waals surface area contributed by atoms with E-state index in [1.807, 2.05) is 0 Å². The van der Waals surface area contributed by atoms with Gasteiger partial charge in [-0.3, -0.25) is 0 Å². The van der Waals surface area contributed by atoms with E-state index < -0.39 is 0 Å². The molecule has 1 aromatic carbocycles. The third-order valence-electron chi connectivity index (χ3n) is 4.06. The largest absolute Gasteiger partial charge is 0.385 e. The van der Waals surface area contributed by atoms with Crippen LogP contribution in [-0.4, -0.2) is 11.5 Å². The number of benzene rings is 1. The molecule has 21 heavy (non-hydrogen) atoms. The predicted octanol–water partition coefficient (Wildman–Crippen LogP) is 4.58. The van der Waals surface area contributed by atoms with Crippen molar-refractivity contribution >= 4 is 17.0 Å². The Kier molecular flexibility index (Phi) is 4.03. The summed E-state index contributed by atoms with van der Waals surface area (Å²) >= 11 is 1.80. The number of rotatable bonds is 3. The van der Waals surface area contributed by atoms with Crippen LogP contribution in [0.3, 0.4) is 0 Å². The van der Waals surface area contributed by atoms with Crippen LogP contribution < -0.4 is 5.32 Å². The Morgan fingerprint density at radius 2 is 2.10 bits per heavy atom. The maximum atomic E-state index is 4.79. The number of thiazole rings is 1. The molecule has 0 saturated carbocycles. The van der Waals surface area contributed by atoms with E-state index in [-0.39, 0.29) is 5.41 Å². The summed E-state index contributed by atoms with van der Waals surface area (Å²) in [7, 11) is 0. The van der Waals surface area contributed by atoms with Gasteiger partial charge >= 0.3 is 0 Å². The molecule has 1 aliphatic rings. The molecular weight excluding hydrogens is 276 g/mol. The number of aromatic nitrogens is 1. The predicted molar refractivity (Wildman–Crippen MR) is 91.5 cm³/mol. The van der Waals surface area contributed by atoms with E-state index in [9.17, 15) is 0 Å². The Morgan fingerprint density at radius 1 is 1.24 bits per heavy atom. The maximum absolute atomic E-state index is 4.79. The summed E-state index contributed by atoms with van der Waals surface area (Å²) in [5.74, 6) is 0. The average Bonchev–Trinajstić information content (AvgIpc) is 2.94. The molecule has 3 rings (SSSR count). The van der Waals surface area contributed by atoms with E-state index >= 15 is 0 Å². The van der Waals surface area contributed by atoms with Gasteiger partial charge in [0.2, 0.25) is 0 Å². The van der Waals surface area contributed by atoms with Crippen molar-refractivity contribution in [2.24, 2.45) is 0 Å². The lowest BCUT2D eigenvalue weighted by Gasteiger charge is -2.18. The van der Waals surface area contributed by atoms with Crippen LogP contribution in [0.1, 0.15) is 49.0 Å². The maximum Gasteiger partial charge on any atom is 0.0931 e. The molecule has 112 valence electrons. The third kappa shape index (κ3) is 3.46. The van der Waals surface area contributed by atoms with Crippen molar-refractivity contribution in [2.75, 3.05) is 11.9 Å². The minimum absolute atomic E-state index is 0.159. The van der Waals surface area contributed by atoms with Gasteiger partial charge < -0.3 is 5.32 Å². The van der Waals surface area contributed by atoms with Crippen molar-refractivity contribution in [3.8, 4) is 0 Å².